The van der Waals surface area contributed by atoms with E-state index in [1.165, 1.54) is 17.7 Å². The van der Waals surface area contributed by atoms with Gasteiger partial charge in [-0.1, -0.05) is 0 Å². The lowest BCUT2D eigenvalue weighted by atomic mass is 9.76. The van der Waals surface area contributed by atoms with Crippen LogP contribution in [0.15, 0.2) is 12.1 Å². The van der Waals surface area contributed by atoms with E-state index in [1.54, 1.807) is 0 Å². The molecule has 0 saturated carbocycles. The lowest BCUT2D eigenvalue weighted by Crippen LogP contribution is -2.45. The largest absolute Gasteiger partial charge is 0.491 e. The van der Waals surface area contributed by atoms with Gasteiger partial charge < -0.3 is 14.4 Å². The zero-order valence-corrected chi connectivity index (χ0v) is 16.6. The minimum atomic E-state index is -0.997. The Morgan fingerprint density at radius 2 is 1.90 bits per heavy atom. The summed E-state index contributed by atoms with van der Waals surface area (Å²) < 4.78 is 38.4. The number of amides is 1. The molecule has 0 aliphatic carbocycles. The highest BCUT2D eigenvalue weighted by Crippen LogP contribution is 2.43. The van der Waals surface area contributed by atoms with Crippen molar-refractivity contribution in [1.29, 1.82) is 0 Å². The van der Waals surface area contributed by atoms with Crippen molar-refractivity contribution in [2.75, 3.05) is 39.8 Å². The van der Waals surface area contributed by atoms with Crippen LogP contribution >= 0.6 is 0 Å². The van der Waals surface area contributed by atoms with Crippen molar-refractivity contribution in [3.05, 3.63) is 29.3 Å². The topological polar surface area (TPSA) is 59.1 Å². The van der Waals surface area contributed by atoms with Gasteiger partial charge in [-0.2, -0.15) is 0 Å². The highest BCUT2D eigenvalue weighted by molar-refractivity contribution is 5.95. The summed E-state index contributed by atoms with van der Waals surface area (Å²) in [7, 11) is 1.16. The number of hydrogen-bond donors (Lipinski definition) is 0. The summed E-state index contributed by atoms with van der Waals surface area (Å²) in [6.45, 7) is 3.55. The predicted octanol–water partition coefficient (Wildman–Crippen LogP) is 2.61. The molecule has 1 aromatic rings. The second kappa shape index (κ2) is 7.89. The molecule has 0 N–H and O–H groups in total. The number of rotatable bonds is 4. The number of halogens is 2. The Labute approximate surface area is 168 Å². The summed E-state index contributed by atoms with van der Waals surface area (Å²) in [4.78, 5) is 29.2. The number of carbonyl (C=O) groups is 2. The Morgan fingerprint density at radius 3 is 2.55 bits per heavy atom. The van der Waals surface area contributed by atoms with Gasteiger partial charge in [-0.25, -0.2) is 8.78 Å². The maximum atomic E-state index is 14.4. The minimum absolute atomic E-state index is 0.0957. The van der Waals surface area contributed by atoms with Crippen LogP contribution in [0.4, 0.5) is 8.78 Å². The van der Waals surface area contributed by atoms with Crippen molar-refractivity contribution in [2.45, 2.75) is 38.2 Å². The van der Waals surface area contributed by atoms with Crippen LogP contribution in [0, 0.1) is 17.0 Å². The van der Waals surface area contributed by atoms with Gasteiger partial charge in [0.15, 0.2) is 17.4 Å². The second-order valence-electron chi connectivity index (χ2n) is 8.25. The molecule has 3 aliphatic heterocycles. The molecule has 1 spiro atoms. The van der Waals surface area contributed by atoms with Gasteiger partial charge >= 0.3 is 5.97 Å². The van der Waals surface area contributed by atoms with E-state index in [1.807, 2.05) is 0 Å². The van der Waals surface area contributed by atoms with E-state index >= 15 is 0 Å². The molecule has 3 heterocycles. The van der Waals surface area contributed by atoms with E-state index in [0.717, 1.165) is 38.9 Å². The van der Waals surface area contributed by atoms with Crippen molar-refractivity contribution >= 4 is 11.9 Å². The molecule has 1 aromatic carbocycles. The lowest BCUT2D eigenvalue weighted by molar-refractivity contribution is -0.151. The molecule has 1 amide bonds. The van der Waals surface area contributed by atoms with E-state index < -0.39 is 28.7 Å². The summed E-state index contributed by atoms with van der Waals surface area (Å²) in [6, 6.07) is 2.16. The van der Waals surface area contributed by atoms with E-state index in [0.29, 0.717) is 32.4 Å². The third-order valence-electron chi connectivity index (χ3n) is 6.48. The fourth-order valence-corrected chi connectivity index (χ4v) is 4.79. The molecular weight excluding hydrogens is 382 g/mol. The van der Waals surface area contributed by atoms with Gasteiger partial charge in [-0.05, 0) is 50.9 Å². The van der Waals surface area contributed by atoms with Gasteiger partial charge in [0.1, 0.15) is 6.10 Å². The highest BCUT2D eigenvalue weighted by atomic mass is 19.1. The third kappa shape index (κ3) is 3.70. The van der Waals surface area contributed by atoms with Crippen LogP contribution in [0.1, 0.15) is 42.5 Å². The molecule has 158 valence electrons. The number of piperidine rings is 1. The number of methoxy groups -OCH3 is 1. The fraction of sp³-hybridized carbons (Fsp3) is 0.619. The predicted molar refractivity (Wildman–Crippen MR) is 101 cm³/mol. The maximum Gasteiger partial charge on any atom is 0.312 e. The molecule has 3 fully saturated rings. The Hall–Kier alpha value is -2.22. The number of esters is 1. The minimum Gasteiger partial charge on any atom is -0.491 e. The first-order valence-electron chi connectivity index (χ1n) is 10.2. The normalized spacial score (nSPS) is 24.2. The van der Waals surface area contributed by atoms with Crippen LogP contribution in [0.25, 0.3) is 0 Å². The average Bonchev–Trinajstić information content (AvgIpc) is 3.31. The molecule has 0 aromatic heterocycles. The van der Waals surface area contributed by atoms with E-state index in [4.69, 9.17) is 9.47 Å². The average molecular weight is 408 g/mol. The van der Waals surface area contributed by atoms with Crippen LogP contribution in [-0.4, -0.2) is 67.6 Å². The quantitative estimate of drug-likeness (QED) is 0.717. The molecule has 4 rings (SSSR count). The number of likely N-dealkylation sites (tertiary alicyclic amines) is 2. The van der Waals surface area contributed by atoms with Crippen LogP contribution in [0.3, 0.4) is 0 Å². The number of cyclic esters (lactones) is 1. The molecule has 3 aliphatic rings. The van der Waals surface area contributed by atoms with Gasteiger partial charge in [0, 0.05) is 26.1 Å². The summed E-state index contributed by atoms with van der Waals surface area (Å²) >= 11 is 0. The van der Waals surface area contributed by atoms with Crippen LogP contribution in [0.2, 0.25) is 0 Å². The van der Waals surface area contributed by atoms with Crippen LogP contribution < -0.4 is 4.74 Å². The summed E-state index contributed by atoms with van der Waals surface area (Å²) in [6.07, 6.45) is 3.94. The molecule has 6 nitrogen and oxygen atoms in total. The van der Waals surface area contributed by atoms with E-state index in [2.05, 4.69) is 4.90 Å². The van der Waals surface area contributed by atoms with Crippen molar-refractivity contribution < 1.29 is 27.8 Å². The number of benzene rings is 1. The molecule has 1 unspecified atom stereocenters. The number of carbonyl (C=O) groups excluding carboxylic acids is 2. The Balaban J connectivity index is 1.40. The monoisotopic (exact) mass is 408 g/mol. The molecule has 29 heavy (non-hydrogen) atoms. The first-order valence-corrected chi connectivity index (χ1v) is 10.2. The summed E-state index contributed by atoms with van der Waals surface area (Å²) in [5, 5.41) is 0. The van der Waals surface area contributed by atoms with Crippen molar-refractivity contribution in [1.82, 2.24) is 9.80 Å². The summed E-state index contributed by atoms with van der Waals surface area (Å²) in [5.41, 5.74) is -0.777. The molecule has 3 saturated heterocycles. The SMILES string of the molecule is COc1c(F)ccc(C(=O)N2CCC3(CC2)CC(CN2CCCC2)OC3=O)c1F. The fourth-order valence-electron chi connectivity index (χ4n) is 4.79. The number of hydrogen-bond acceptors (Lipinski definition) is 5. The van der Waals surface area contributed by atoms with Gasteiger partial charge in [0.2, 0.25) is 0 Å². The summed E-state index contributed by atoms with van der Waals surface area (Å²) in [5.74, 6) is -3.10. The number of ether oxygens (including phenoxy) is 2. The van der Waals surface area contributed by atoms with Crippen LogP contribution in [0.5, 0.6) is 5.75 Å². The van der Waals surface area contributed by atoms with Gasteiger partial charge in [-0.3, -0.25) is 14.5 Å². The third-order valence-corrected chi connectivity index (χ3v) is 6.48. The Kier molecular flexibility index (Phi) is 5.46. The standard InChI is InChI=1S/C21H26F2N2O4/c1-28-18-16(22)5-4-15(17(18)23)19(26)25-10-6-21(7-11-25)12-14(29-20(21)27)13-24-8-2-3-9-24/h4-5,14H,2-3,6-13H2,1H3. The lowest BCUT2D eigenvalue weighted by Gasteiger charge is -2.36. The van der Waals surface area contributed by atoms with E-state index in [-0.39, 0.29) is 17.6 Å². The molecule has 8 heteroatoms. The molecule has 0 radical (unpaired) electrons. The van der Waals surface area contributed by atoms with Gasteiger partial charge in [0.05, 0.1) is 18.1 Å². The number of nitrogens with zero attached hydrogens (tertiary/aromatic N) is 2. The molecular formula is C21H26F2N2O4. The van der Waals surface area contributed by atoms with Gasteiger partial charge in [0.25, 0.3) is 5.91 Å². The van der Waals surface area contributed by atoms with Crippen molar-refractivity contribution in [3.63, 3.8) is 0 Å². The first-order chi connectivity index (χ1) is 13.9. The smallest absolute Gasteiger partial charge is 0.312 e. The van der Waals surface area contributed by atoms with Gasteiger partial charge in [-0.15, -0.1) is 0 Å². The van der Waals surface area contributed by atoms with Crippen molar-refractivity contribution in [2.24, 2.45) is 5.41 Å². The highest BCUT2D eigenvalue weighted by Gasteiger charge is 2.51. The second-order valence-corrected chi connectivity index (χ2v) is 8.25. The molecule has 1 atom stereocenters. The zero-order chi connectivity index (χ0) is 20.6. The maximum absolute atomic E-state index is 14.4. The van der Waals surface area contributed by atoms with E-state index in [9.17, 15) is 18.4 Å². The molecule has 0 bridgehead atoms. The van der Waals surface area contributed by atoms with Crippen LogP contribution in [-0.2, 0) is 9.53 Å². The Morgan fingerprint density at radius 1 is 1.21 bits per heavy atom. The van der Waals surface area contributed by atoms with Crippen molar-refractivity contribution in [3.8, 4) is 5.75 Å². The Bertz CT molecular complexity index is 802. The zero-order valence-electron chi connectivity index (χ0n) is 16.6. The first kappa shape index (κ1) is 20.1.